The minimum atomic E-state index is -0.937. The third-order valence-corrected chi connectivity index (χ3v) is 3.95. The predicted molar refractivity (Wildman–Crippen MR) is 94.5 cm³/mol. The zero-order valence-corrected chi connectivity index (χ0v) is 14.5. The lowest BCUT2D eigenvalue weighted by molar-refractivity contribution is 0.0563. The van der Waals surface area contributed by atoms with Crippen LogP contribution in [-0.4, -0.2) is 19.0 Å². The highest BCUT2D eigenvalue weighted by Gasteiger charge is 2.18. The number of methoxy groups -OCH3 is 1. The van der Waals surface area contributed by atoms with Gasteiger partial charge >= 0.3 is 5.97 Å². The number of carbonyl (C=O) groups is 2. The Morgan fingerprint density at radius 3 is 2.26 bits per heavy atom. The van der Waals surface area contributed by atoms with Crippen LogP contribution in [0.3, 0.4) is 0 Å². The molecule has 0 aliphatic rings. The van der Waals surface area contributed by atoms with Crippen molar-refractivity contribution < 1.29 is 27.5 Å². The van der Waals surface area contributed by atoms with Crippen LogP contribution < -0.4 is 5.32 Å². The first kappa shape index (κ1) is 18.3. The van der Waals surface area contributed by atoms with Crippen LogP contribution in [0.25, 0.3) is 11.1 Å². The van der Waals surface area contributed by atoms with Gasteiger partial charge in [0.15, 0.2) is 0 Å². The zero-order valence-electron chi connectivity index (χ0n) is 14.5. The molecule has 1 heterocycles. The highest BCUT2D eigenvalue weighted by molar-refractivity contribution is 6.04. The van der Waals surface area contributed by atoms with E-state index < -0.39 is 29.1 Å². The van der Waals surface area contributed by atoms with Crippen LogP contribution in [0.15, 0.2) is 52.9 Å². The molecule has 1 amide bonds. The summed E-state index contributed by atoms with van der Waals surface area (Å²) in [5, 5.41) is 2.45. The molecule has 2 aromatic carbocycles. The molecule has 1 aromatic heterocycles. The molecule has 0 unspecified atom stereocenters. The smallest absolute Gasteiger partial charge is 0.373 e. The minimum Gasteiger partial charge on any atom is -0.463 e. The normalized spacial score (nSPS) is 10.5. The van der Waals surface area contributed by atoms with Gasteiger partial charge in [0, 0.05) is 11.3 Å². The summed E-state index contributed by atoms with van der Waals surface area (Å²) in [6.07, 6.45) is 0. The van der Waals surface area contributed by atoms with Gasteiger partial charge in [0.25, 0.3) is 5.91 Å². The first-order valence-electron chi connectivity index (χ1n) is 7.95. The summed E-state index contributed by atoms with van der Waals surface area (Å²) in [5.74, 6) is -2.73. The maximum atomic E-state index is 13.7. The summed E-state index contributed by atoms with van der Waals surface area (Å²) >= 11 is 0. The number of halogens is 2. The van der Waals surface area contributed by atoms with Crippen molar-refractivity contribution in [3.05, 3.63) is 77.2 Å². The van der Waals surface area contributed by atoms with Crippen LogP contribution in [0.2, 0.25) is 0 Å². The van der Waals surface area contributed by atoms with Crippen LogP contribution in [0.5, 0.6) is 0 Å². The van der Waals surface area contributed by atoms with Crippen LogP contribution >= 0.6 is 0 Å². The average molecular weight is 371 g/mol. The van der Waals surface area contributed by atoms with Crippen LogP contribution in [-0.2, 0) is 4.74 Å². The Balaban J connectivity index is 1.81. The van der Waals surface area contributed by atoms with E-state index in [0.29, 0.717) is 17.0 Å². The number of anilines is 1. The van der Waals surface area contributed by atoms with Gasteiger partial charge in [-0.1, -0.05) is 18.2 Å². The Bertz CT molecular complexity index is 989. The number of rotatable bonds is 4. The van der Waals surface area contributed by atoms with Crippen LogP contribution in [0, 0.1) is 18.6 Å². The number of carbonyl (C=O) groups excluding carboxylic acids is 2. The monoisotopic (exact) mass is 371 g/mol. The van der Waals surface area contributed by atoms with E-state index in [9.17, 15) is 18.4 Å². The molecule has 7 heteroatoms. The van der Waals surface area contributed by atoms with E-state index in [4.69, 9.17) is 4.42 Å². The molecule has 1 N–H and O–H groups in total. The molecule has 0 spiro atoms. The molecule has 0 radical (unpaired) electrons. The zero-order chi connectivity index (χ0) is 19.6. The second kappa shape index (κ2) is 7.41. The maximum absolute atomic E-state index is 13.7. The Kier molecular flexibility index (Phi) is 5.03. The second-order valence-corrected chi connectivity index (χ2v) is 5.70. The summed E-state index contributed by atoms with van der Waals surface area (Å²) in [6, 6.07) is 11.3. The van der Waals surface area contributed by atoms with Gasteiger partial charge in [-0.2, -0.15) is 0 Å². The molecule has 0 aliphatic heterocycles. The molecule has 0 aliphatic carbocycles. The standard InChI is InChI=1S/C20H15F2NO4/c1-11-14(10-17(27-11)20(25)26-2)12-6-8-13(9-7-12)23-19(24)18-15(21)4-3-5-16(18)22/h3-10H,1-2H3,(H,23,24). The third-order valence-electron chi connectivity index (χ3n) is 3.95. The molecule has 0 saturated carbocycles. The van der Waals surface area contributed by atoms with E-state index in [0.717, 1.165) is 17.7 Å². The summed E-state index contributed by atoms with van der Waals surface area (Å²) < 4.78 is 37.4. The van der Waals surface area contributed by atoms with Gasteiger partial charge < -0.3 is 14.5 Å². The van der Waals surface area contributed by atoms with Crippen molar-refractivity contribution in [1.29, 1.82) is 0 Å². The first-order chi connectivity index (χ1) is 12.9. The van der Waals surface area contributed by atoms with Crippen molar-refractivity contribution in [1.82, 2.24) is 0 Å². The van der Waals surface area contributed by atoms with Gasteiger partial charge in [-0.05, 0) is 42.8 Å². The fraction of sp³-hybridized carbons (Fsp3) is 0.100. The number of furan rings is 1. The van der Waals surface area contributed by atoms with Crippen molar-refractivity contribution in [2.24, 2.45) is 0 Å². The van der Waals surface area contributed by atoms with E-state index in [2.05, 4.69) is 10.1 Å². The van der Waals surface area contributed by atoms with Gasteiger partial charge in [0.1, 0.15) is 23.0 Å². The Labute approximate surface area is 153 Å². The van der Waals surface area contributed by atoms with Crippen molar-refractivity contribution in [2.45, 2.75) is 6.92 Å². The largest absolute Gasteiger partial charge is 0.463 e. The maximum Gasteiger partial charge on any atom is 0.373 e. The molecule has 5 nitrogen and oxygen atoms in total. The third kappa shape index (κ3) is 3.72. The highest BCUT2D eigenvalue weighted by Crippen LogP contribution is 2.28. The molecule has 3 aromatic rings. The van der Waals surface area contributed by atoms with Gasteiger partial charge in [0.2, 0.25) is 5.76 Å². The van der Waals surface area contributed by atoms with Crippen molar-refractivity contribution in [3.63, 3.8) is 0 Å². The highest BCUT2D eigenvalue weighted by atomic mass is 19.1. The molecular formula is C20H15F2NO4. The summed E-state index contributed by atoms with van der Waals surface area (Å²) in [6.45, 7) is 1.71. The molecular weight excluding hydrogens is 356 g/mol. The Morgan fingerprint density at radius 2 is 1.67 bits per heavy atom. The molecule has 0 atom stereocenters. The fourth-order valence-corrected chi connectivity index (χ4v) is 2.61. The number of benzene rings is 2. The molecule has 138 valence electrons. The van der Waals surface area contributed by atoms with Gasteiger partial charge in [-0.3, -0.25) is 4.79 Å². The number of aryl methyl sites for hydroxylation is 1. The van der Waals surface area contributed by atoms with Crippen molar-refractivity contribution in [3.8, 4) is 11.1 Å². The minimum absolute atomic E-state index is 0.0809. The lowest BCUT2D eigenvalue weighted by Crippen LogP contribution is -2.15. The molecule has 0 fully saturated rings. The van der Waals surface area contributed by atoms with E-state index in [1.54, 1.807) is 37.3 Å². The van der Waals surface area contributed by atoms with E-state index in [1.165, 1.54) is 13.2 Å². The summed E-state index contributed by atoms with van der Waals surface area (Å²) in [4.78, 5) is 23.7. The number of esters is 1. The van der Waals surface area contributed by atoms with Gasteiger partial charge in [0.05, 0.1) is 7.11 Å². The summed E-state index contributed by atoms with van der Waals surface area (Å²) in [5.41, 5.74) is 1.14. The Hall–Kier alpha value is -3.48. The van der Waals surface area contributed by atoms with E-state index >= 15 is 0 Å². The lowest BCUT2D eigenvalue weighted by atomic mass is 10.1. The number of hydrogen-bond acceptors (Lipinski definition) is 4. The lowest BCUT2D eigenvalue weighted by Gasteiger charge is -2.08. The Morgan fingerprint density at radius 1 is 1.04 bits per heavy atom. The SMILES string of the molecule is COC(=O)c1cc(-c2ccc(NC(=O)c3c(F)cccc3F)cc2)c(C)o1. The summed E-state index contributed by atoms with van der Waals surface area (Å²) in [7, 11) is 1.26. The molecule has 0 bridgehead atoms. The molecule has 27 heavy (non-hydrogen) atoms. The number of ether oxygens (including phenoxy) is 1. The second-order valence-electron chi connectivity index (χ2n) is 5.70. The van der Waals surface area contributed by atoms with Gasteiger partial charge in [-0.15, -0.1) is 0 Å². The van der Waals surface area contributed by atoms with Crippen molar-refractivity contribution in [2.75, 3.05) is 12.4 Å². The van der Waals surface area contributed by atoms with Crippen LogP contribution in [0.1, 0.15) is 26.7 Å². The predicted octanol–water partition coefficient (Wildman–Crippen LogP) is 4.57. The van der Waals surface area contributed by atoms with Gasteiger partial charge in [-0.25, -0.2) is 13.6 Å². The van der Waals surface area contributed by atoms with Crippen molar-refractivity contribution >= 4 is 17.6 Å². The average Bonchev–Trinajstić information content (AvgIpc) is 3.03. The fourth-order valence-electron chi connectivity index (χ4n) is 2.61. The number of hydrogen-bond donors (Lipinski definition) is 1. The number of amides is 1. The quantitative estimate of drug-likeness (QED) is 0.682. The first-order valence-corrected chi connectivity index (χ1v) is 7.95. The number of nitrogens with one attached hydrogen (secondary N) is 1. The van der Waals surface area contributed by atoms with E-state index in [1.807, 2.05) is 0 Å². The van der Waals surface area contributed by atoms with Crippen LogP contribution in [0.4, 0.5) is 14.5 Å². The molecule has 3 rings (SSSR count). The molecule has 0 saturated heterocycles. The topological polar surface area (TPSA) is 68.5 Å². The van der Waals surface area contributed by atoms with E-state index in [-0.39, 0.29) is 5.76 Å².